The third kappa shape index (κ3) is 4.26. The number of carbonyl (C=O) groups excluding carboxylic acids is 1. The van der Waals surface area contributed by atoms with Gasteiger partial charge in [-0.3, -0.25) is 0 Å². The second-order valence-corrected chi connectivity index (χ2v) is 3.66. The van der Waals surface area contributed by atoms with Crippen molar-refractivity contribution in [1.82, 2.24) is 0 Å². The van der Waals surface area contributed by atoms with E-state index in [0.717, 1.165) is 0 Å². The van der Waals surface area contributed by atoms with E-state index in [9.17, 15) is 4.79 Å². The zero-order valence-electron chi connectivity index (χ0n) is 8.74. The number of allylic oxidation sites excluding steroid dienone is 2. The third-order valence-electron chi connectivity index (χ3n) is 2.49. The van der Waals surface area contributed by atoms with Gasteiger partial charge in [0.2, 0.25) is 0 Å². The van der Waals surface area contributed by atoms with Gasteiger partial charge in [0.25, 0.3) is 0 Å². The molecule has 1 saturated carbocycles. The summed E-state index contributed by atoms with van der Waals surface area (Å²) in [6, 6.07) is 0. The molecule has 1 aliphatic rings. The fourth-order valence-electron chi connectivity index (χ4n) is 1.72. The second-order valence-electron chi connectivity index (χ2n) is 3.66. The molecule has 0 aliphatic heterocycles. The van der Waals surface area contributed by atoms with Crippen molar-refractivity contribution in [2.75, 3.05) is 0 Å². The Morgan fingerprint density at radius 3 is 2.64 bits per heavy atom. The summed E-state index contributed by atoms with van der Waals surface area (Å²) >= 11 is 0. The molecule has 0 radical (unpaired) electrons. The highest BCUT2D eigenvalue weighted by Crippen LogP contribution is 2.24. The van der Waals surface area contributed by atoms with Gasteiger partial charge in [-0.25, -0.2) is 4.79 Å². The lowest BCUT2D eigenvalue weighted by atomic mass is 9.89. The highest BCUT2D eigenvalue weighted by molar-refractivity contribution is 5.82. The lowest BCUT2D eigenvalue weighted by molar-refractivity contribution is -0.132. The van der Waals surface area contributed by atoms with E-state index in [4.69, 9.17) is 4.74 Å². The molecule has 0 spiro atoms. The van der Waals surface area contributed by atoms with E-state index in [0.29, 0.717) is 5.92 Å². The lowest BCUT2D eigenvalue weighted by Crippen LogP contribution is -2.03. The molecule has 0 amide bonds. The highest BCUT2D eigenvalue weighted by atomic mass is 16.5. The van der Waals surface area contributed by atoms with Crippen LogP contribution in [0.1, 0.15) is 39.0 Å². The van der Waals surface area contributed by atoms with Crippen LogP contribution in [0.15, 0.2) is 24.5 Å². The molecule has 0 bridgehead atoms. The summed E-state index contributed by atoms with van der Waals surface area (Å²) in [6.07, 6.45) is 13.1. The number of ether oxygens (including phenoxy) is 1. The van der Waals surface area contributed by atoms with Crippen molar-refractivity contribution in [2.24, 2.45) is 5.92 Å². The molecule has 0 aromatic carbocycles. The van der Waals surface area contributed by atoms with Crippen molar-refractivity contribution >= 4 is 5.97 Å². The smallest absolute Gasteiger partial charge is 0.335 e. The maximum absolute atomic E-state index is 10.9. The van der Waals surface area contributed by atoms with Crippen molar-refractivity contribution in [2.45, 2.75) is 39.0 Å². The van der Waals surface area contributed by atoms with Gasteiger partial charge < -0.3 is 4.74 Å². The first-order chi connectivity index (χ1) is 6.83. The molecule has 2 heteroatoms. The van der Waals surface area contributed by atoms with Crippen LogP contribution in [0.2, 0.25) is 0 Å². The second kappa shape index (κ2) is 6.41. The summed E-state index contributed by atoms with van der Waals surface area (Å²) < 4.78 is 4.88. The van der Waals surface area contributed by atoms with E-state index in [1.807, 2.05) is 6.08 Å². The van der Waals surface area contributed by atoms with E-state index in [-0.39, 0.29) is 5.97 Å². The molecule has 78 valence electrons. The minimum Gasteiger partial charge on any atom is -0.432 e. The van der Waals surface area contributed by atoms with Crippen LogP contribution in [0.5, 0.6) is 0 Å². The molecule has 0 heterocycles. The van der Waals surface area contributed by atoms with E-state index >= 15 is 0 Å². The first-order valence-electron chi connectivity index (χ1n) is 5.33. The van der Waals surface area contributed by atoms with Gasteiger partial charge in [0.05, 0.1) is 6.26 Å². The summed E-state index contributed by atoms with van der Waals surface area (Å²) in [4.78, 5) is 10.9. The maximum Gasteiger partial charge on any atom is 0.335 e. The normalized spacial score (nSPS) is 19.2. The Morgan fingerprint density at radius 1 is 1.29 bits per heavy atom. The number of hydrogen-bond donors (Lipinski definition) is 0. The molecule has 2 nitrogen and oxygen atoms in total. The molecule has 1 aliphatic carbocycles. The van der Waals surface area contributed by atoms with Crippen molar-refractivity contribution in [1.29, 1.82) is 0 Å². The Hall–Kier alpha value is -1.05. The minimum absolute atomic E-state index is 0.292. The molecule has 14 heavy (non-hydrogen) atoms. The molecule has 0 unspecified atom stereocenters. The first kappa shape index (κ1) is 11.0. The van der Waals surface area contributed by atoms with E-state index < -0.39 is 0 Å². The summed E-state index contributed by atoms with van der Waals surface area (Å²) in [5, 5.41) is 0. The van der Waals surface area contributed by atoms with Crippen LogP contribution in [-0.2, 0) is 9.53 Å². The van der Waals surface area contributed by atoms with Crippen LogP contribution in [0.4, 0.5) is 0 Å². The predicted molar refractivity (Wildman–Crippen MR) is 56.6 cm³/mol. The summed E-state index contributed by atoms with van der Waals surface area (Å²) in [5.74, 6) is 0.321. The van der Waals surface area contributed by atoms with Crippen molar-refractivity contribution in [3.05, 3.63) is 24.5 Å². The minimum atomic E-state index is -0.292. The fourth-order valence-corrected chi connectivity index (χ4v) is 1.72. The van der Waals surface area contributed by atoms with E-state index in [1.165, 1.54) is 38.2 Å². The molecular weight excluding hydrogens is 176 g/mol. The topological polar surface area (TPSA) is 26.3 Å². The average Bonchev–Trinajstić information content (AvgIpc) is 2.20. The Balaban J connectivity index is 2.21. The Morgan fingerprint density at radius 2 is 2.00 bits per heavy atom. The monoisotopic (exact) mass is 194 g/mol. The highest BCUT2D eigenvalue weighted by Gasteiger charge is 2.09. The number of esters is 1. The third-order valence-corrected chi connectivity index (χ3v) is 2.49. The quantitative estimate of drug-likeness (QED) is 0.392. The molecule has 0 N–H and O–H groups in total. The van der Waals surface area contributed by atoms with Crippen LogP contribution in [0.3, 0.4) is 0 Å². The SMILES string of the molecule is C/C=C/C(=O)O/C=C/C1CCCCC1. The number of rotatable bonds is 3. The average molecular weight is 194 g/mol. The van der Waals surface area contributed by atoms with Crippen LogP contribution in [0.25, 0.3) is 0 Å². The van der Waals surface area contributed by atoms with Gasteiger partial charge >= 0.3 is 5.97 Å². The summed E-state index contributed by atoms with van der Waals surface area (Å²) in [6.45, 7) is 1.80. The zero-order chi connectivity index (χ0) is 10.2. The van der Waals surface area contributed by atoms with E-state index in [1.54, 1.807) is 19.3 Å². The van der Waals surface area contributed by atoms with Gasteiger partial charge in [-0.1, -0.05) is 25.3 Å². The molecule has 0 saturated heterocycles. The Labute approximate surface area is 85.6 Å². The van der Waals surface area contributed by atoms with Gasteiger partial charge in [0, 0.05) is 6.08 Å². The molecule has 1 rings (SSSR count). The predicted octanol–water partition coefficient (Wildman–Crippen LogP) is 3.20. The van der Waals surface area contributed by atoms with Crippen LogP contribution in [-0.4, -0.2) is 5.97 Å². The van der Waals surface area contributed by atoms with Gasteiger partial charge in [-0.15, -0.1) is 0 Å². The first-order valence-corrected chi connectivity index (χ1v) is 5.33. The van der Waals surface area contributed by atoms with Crippen LogP contribution >= 0.6 is 0 Å². The number of hydrogen-bond acceptors (Lipinski definition) is 2. The summed E-state index contributed by atoms with van der Waals surface area (Å²) in [7, 11) is 0. The van der Waals surface area contributed by atoms with Gasteiger partial charge in [0.15, 0.2) is 0 Å². The Kier molecular flexibility index (Phi) is 5.05. The largest absolute Gasteiger partial charge is 0.432 e. The van der Waals surface area contributed by atoms with Gasteiger partial charge in [-0.05, 0) is 31.8 Å². The van der Waals surface area contributed by atoms with E-state index in [2.05, 4.69) is 0 Å². The maximum atomic E-state index is 10.9. The summed E-state index contributed by atoms with van der Waals surface area (Å²) in [5.41, 5.74) is 0. The molecule has 0 aromatic rings. The molecule has 0 aromatic heterocycles. The molecular formula is C12H18O2. The van der Waals surface area contributed by atoms with Gasteiger partial charge in [-0.2, -0.15) is 0 Å². The van der Waals surface area contributed by atoms with Gasteiger partial charge in [0.1, 0.15) is 0 Å². The van der Waals surface area contributed by atoms with Crippen molar-refractivity contribution < 1.29 is 9.53 Å². The lowest BCUT2D eigenvalue weighted by Gasteiger charge is -2.17. The zero-order valence-corrected chi connectivity index (χ0v) is 8.74. The molecule has 1 fully saturated rings. The Bertz CT molecular complexity index is 222. The standard InChI is InChI=1S/C12H18O2/c1-2-6-12(13)14-10-9-11-7-4-3-5-8-11/h2,6,9-11H,3-5,7-8H2,1H3/b6-2+,10-9+. The van der Waals surface area contributed by atoms with Crippen molar-refractivity contribution in [3.63, 3.8) is 0 Å². The number of carbonyl (C=O) groups is 1. The molecule has 0 atom stereocenters. The van der Waals surface area contributed by atoms with Crippen LogP contribution < -0.4 is 0 Å². The van der Waals surface area contributed by atoms with Crippen LogP contribution in [0, 0.1) is 5.92 Å². The fraction of sp³-hybridized carbons (Fsp3) is 0.583. The van der Waals surface area contributed by atoms with Crippen molar-refractivity contribution in [3.8, 4) is 0 Å².